The van der Waals surface area contributed by atoms with E-state index >= 15 is 0 Å². The highest BCUT2D eigenvalue weighted by Crippen LogP contribution is 2.24. The summed E-state index contributed by atoms with van der Waals surface area (Å²) in [5, 5.41) is 15.6. The number of nitrogens with zero attached hydrogens (tertiary/aromatic N) is 3. The molecule has 0 aliphatic heterocycles. The number of rotatable bonds is 5. The summed E-state index contributed by atoms with van der Waals surface area (Å²) in [7, 11) is 0. The maximum absolute atomic E-state index is 11.1. The number of para-hydroxylation sites is 1. The molecular formula is C15H20N4O2. The first kappa shape index (κ1) is 15.2. The van der Waals surface area contributed by atoms with E-state index in [2.05, 4.69) is 5.10 Å². The molecule has 2 aromatic rings. The average molecular weight is 288 g/mol. The van der Waals surface area contributed by atoms with Crippen LogP contribution < -0.4 is 5.73 Å². The Hall–Kier alpha value is -2.21. The van der Waals surface area contributed by atoms with Crippen LogP contribution in [0.3, 0.4) is 0 Å². The van der Waals surface area contributed by atoms with Crippen molar-refractivity contribution < 1.29 is 4.92 Å². The molecule has 0 amide bonds. The Morgan fingerprint density at radius 2 is 2.05 bits per heavy atom. The smallest absolute Gasteiger partial charge is 0.274 e. The highest BCUT2D eigenvalue weighted by molar-refractivity contribution is 5.40. The lowest BCUT2D eigenvalue weighted by molar-refractivity contribution is -0.385. The van der Waals surface area contributed by atoms with Crippen molar-refractivity contribution in [2.75, 3.05) is 0 Å². The molecular weight excluding hydrogens is 268 g/mol. The second kappa shape index (κ2) is 6.05. The third-order valence-electron chi connectivity index (χ3n) is 3.76. The molecule has 1 atom stereocenters. The Balaban J connectivity index is 2.40. The number of nitrogens with two attached hydrogens (primary N) is 1. The van der Waals surface area contributed by atoms with Crippen LogP contribution in [0, 0.1) is 24.0 Å². The molecule has 21 heavy (non-hydrogen) atoms. The van der Waals surface area contributed by atoms with Gasteiger partial charge in [-0.15, -0.1) is 0 Å². The van der Waals surface area contributed by atoms with Gasteiger partial charge in [-0.2, -0.15) is 5.10 Å². The maximum Gasteiger partial charge on any atom is 0.274 e. The van der Waals surface area contributed by atoms with Crippen molar-refractivity contribution in [1.82, 2.24) is 9.78 Å². The number of nitro groups is 1. The van der Waals surface area contributed by atoms with Crippen LogP contribution in [0.1, 0.15) is 41.9 Å². The van der Waals surface area contributed by atoms with E-state index in [9.17, 15) is 10.1 Å². The van der Waals surface area contributed by atoms with Crippen molar-refractivity contribution in [2.45, 2.75) is 39.8 Å². The number of aryl methyl sites for hydroxylation is 1. The summed E-state index contributed by atoms with van der Waals surface area (Å²) < 4.78 is 1.79. The molecule has 1 heterocycles. The van der Waals surface area contributed by atoms with Crippen LogP contribution in [-0.4, -0.2) is 14.7 Å². The summed E-state index contributed by atoms with van der Waals surface area (Å²) >= 11 is 0. The molecule has 2 rings (SSSR count). The highest BCUT2D eigenvalue weighted by atomic mass is 16.6. The SMILES string of the molecule is CCC(N)c1c(C)nn(Cc2ccccc2[N+](=O)[O-])c1C. The third-order valence-corrected chi connectivity index (χ3v) is 3.76. The Morgan fingerprint density at radius 1 is 1.38 bits per heavy atom. The minimum atomic E-state index is -0.361. The molecule has 1 unspecified atom stereocenters. The van der Waals surface area contributed by atoms with Crippen LogP contribution in [0.2, 0.25) is 0 Å². The fraction of sp³-hybridized carbons (Fsp3) is 0.400. The van der Waals surface area contributed by atoms with Gasteiger partial charge in [0.15, 0.2) is 0 Å². The number of benzene rings is 1. The molecule has 112 valence electrons. The monoisotopic (exact) mass is 288 g/mol. The fourth-order valence-electron chi connectivity index (χ4n) is 2.59. The van der Waals surface area contributed by atoms with E-state index in [0.29, 0.717) is 12.1 Å². The van der Waals surface area contributed by atoms with E-state index in [1.54, 1.807) is 22.9 Å². The predicted octanol–water partition coefficient (Wildman–Crippen LogP) is 2.87. The molecule has 0 saturated heterocycles. The van der Waals surface area contributed by atoms with Gasteiger partial charge in [0.2, 0.25) is 0 Å². The minimum absolute atomic E-state index is 0.0514. The molecule has 6 nitrogen and oxygen atoms in total. The van der Waals surface area contributed by atoms with Gasteiger partial charge in [0, 0.05) is 23.4 Å². The van der Waals surface area contributed by atoms with Crippen LogP contribution >= 0.6 is 0 Å². The standard InChI is InChI=1S/C15H20N4O2/c1-4-13(16)15-10(2)17-18(11(15)3)9-12-7-5-6-8-14(12)19(20)21/h5-8,13H,4,9,16H2,1-3H3. The van der Waals surface area contributed by atoms with Gasteiger partial charge in [-0.25, -0.2) is 0 Å². The van der Waals surface area contributed by atoms with Gasteiger partial charge in [0.1, 0.15) is 0 Å². The lowest BCUT2D eigenvalue weighted by atomic mass is 10.0. The second-order valence-corrected chi connectivity index (χ2v) is 5.14. The molecule has 1 aromatic carbocycles. The van der Waals surface area contributed by atoms with Gasteiger partial charge >= 0.3 is 0 Å². The Bertz CT molecular complexity index is 664. The summed E-state index contributed by atoms with van der Waals surface area (Å²) in [6, 6.07) is 6.69. The average Bonchev–Trinajstić information content (AvgIpc) is 2.73. The molecule has 1 aromatic heterocycles. The summed E-state index contributed by atoms with van der Waals surface area (Å²) in [6.45, 7) is 6.29. The van der Waals surface area contributed by atoms with Crippen LogP contribution in [0.25, 0.3) is 0 Å². The highest BCUT2D eigenvalue weighted by Gasteiger charge is 2.19. The van der Waals surface area contributed by atoms with Gasteiger partial charge in [-0.05, 0) is 20.3 Å². The third kappa shape index (κ3) is 2.95. The number of nitro benzene ring substituents is 1. The zero-order chi connectivity index (χ0) is 15.6. The maximum atomic E-state index is 11.1. The van der Waals surface area contributed by atoms with E-state index < -0.39 is 0 Å². The van der Waals surface area contributed by atoms with Gasteiger partial charge in [0.25, 0.3) is 5.69 Å². The Morgan fingerprint density at radius 3 is 2.67 bits per heavy atom. The van der Waals surface area contributed by atoms with Gasteiger partial charge < -0.3 is 5.73 Å². The first-order valence-electron chi connectivity index (χ1n) is 6.97. The van der Waals surface area contributed by atoms with E-state index in [1.807, 2.05) is 20.8 Å². The van der Waals surface area contributed by atoms with Crippen molar-refractivity contribution in [3.05, 3.63) is 56.9 Å². The molecule has 0 bridgehead atoms. The molecule has 0 radical (unpaired) electrons. The van der Waals surface area contributed by atoms with E-state index in [1.165, 1.54) is 6.07 Å². The first-order valence-corrected chi connectivity index (χ1v) is 6.97. The fourth-order valence-corrected chi connectivity index (χ4v) is 2.59. The molecule has 0 aliphatic carbocycles. The van der Waals surface area contributed by atoms with E-state index in [-0.39, 0.29) is 16.7 Å². The van der Waals surface area contributed by atoms with Crippen LogP contribution in [0.15, 0.2) is 24.3 Å². The van der Waals surface area contributed by atoms with E-state index in [0.717, 1.165) is 23.4 Å². The number of aromatic nitrogens is 2. The zero-order valence-electron chi connectivity index (χ0n) is 12.5. The normalized spacial score (nSPS) is 12.4. The summed E-state index contributed by atoms with van der Waals surface area (Å²) in [6.07, 6.45) is 0.832. The van der Waals surface area contributed by atoms with Gasteiger partial charge in [0.05, 0.1) is 22.7 Å². The summed E-state index contributed by atoms with van der Waals surface area (Å²) in [5.74, 6) is 0. The quantitative estimate of drug-likeness (QED) is 0.677. The zero-order valence-corrected chi connectivity index (χ0v) is 12.5. The number of hydrogen-bond donors (Lipinski definition) is 1. The lowest BCUT2D eigenvalue weighted by Crippen LogP contribution is -2.12. The largest absolute Gasteiger partial charge is 0.324 e. The number of hydrogen-bond acceptors (Lipinski definition) is 4. The van der Waals surface area contributed by atoms with Crippen molar-refractivity contribution in [1.29, 1.82) is 0 Å². The predicted molar refractivity (Wildman–Crippen MR) is 81.1 cm³/mol. The molecule has 2 N–H and O–H groups in total. The molecule has 0 spiro atoms. The second-order valence-electron chi connectivity index (χ2n) is 5.14. The molecule has 6 heteroatoms. The molecule has 0 saturated carbocycles. The summed E-state index contributed by atoms with van der Waals surface area (Å²) in [5.41, 5.74) is 9.78. The lowest BCUT2D eigenvalue weighted by Gasteiger charge is -2.10. The van der Waals surface area contributed by atoms with Crippen molar-refractivity contribution >= 4 is 5.69 Å². The van der Waals surface area contributed by atoms with Crippen LogP contribution in [0.5, 0.6) is 0 Å². The topological polar surface area (TPSA) is 87.0 Å². The van der Waals surface area contributed by atoms with Gasteiger partial charge in [-0.1, -0.05) is 25.1 Å². The Labute approximate surface area is 123 Å². The van der Waals surface area contributed by atoms with Crippen molar-refractivity contribution in [2.24, 2.45) is 5.73 Å². The van der Waals surface area contributed by atoms with Crippen LogP contribution in [0.4, 0.5) is 5.69 Å². The molecule has 0 fully saturated rings. The first-order chi connectivity index (χ1) is 9.95. The summed E-state index contributed by atoms with van der Waals surface area (Å²) in [4.78, 5) is 10.7. The van der Waals surface area contributed by atoms with E-state index in [4.69, 9.17) is 5.73 Å². The van der Waals surface area contributed by atoms with Gasteiger partial charge in [-0.3, -0.25) is 14.8 Å². The Kier molecular flexibility index (Phi) is 4.37. The minimum Gasteiger partial charge on any atom is -0.324 e. The van der Waals surface area contributed by atoms with Crippen molar-refractivity contribution in [3.63, 3.8) is 0 Å². The van der Waals surface area contributed by atoms with Crippen molar-refractivity contribution in [3.8, 4) is 0 Å². The molecule has 0 aliphatic rings. The van der Waals surface area contributed by atoms with Crippen LogP contribution in [-0.2, 0) is 6.54 Å².